The monoisotopic (exact) mass is 385 g/mol. The van der Waals surface area contributed by atoms with Crippen molar-refractivity contribution < 1.29 is 14.3 Å². The number of amides is 1. The summed E-state index contributed by atoms with van der Waals surface area (Å²) < 4.78 is 5.16. The van der Waals surface area contributed by atoms with Gasteiger partial charge in [-0.1, -0.05) is 59.7 Å². The number of thioether (sulfide) groups is 1. The Balaban J connectivity index is 1.51. The lowest BCUT2D eigenvalue weighted by Gasteiger charge is -2.07. The molecule has 0 aliphatic carbocycles. The standard InChI is InChI=1S/C22H27NO3S/c1-17-6-8-19(9-7-17)10-11-21(24)23-12-13-26-22(25)16-27-15-20-5-3-4-18(2)14-20/h3-9,14H,10-13,15-16H2,1-2H3,(H,23,24). The van der Waals surface area contributed by atoms with Crippen LogP contribution in [0.25, 0.3) is 0 Å². The number of ether oxygens (including phenoxy) is 1. The Morgan fingerprint density at radius 3 is 2.52 bits per heavy atom. The smallest absolute Gasteiger partial charge is 0.315 e. The van der Waals surface area contributed by atoms with Gasteiger partial charge in [-0.05, 0) is 31.4 Å². The van der Waals surface area contributed by atoms with E-state index < -0.39 is 0 Å². The zero-order valence-corrected chi connectivity index (χ0v) is 16.8. The van der Waals surface area contributed by atoms with Gasteiger partial charge in [-0.3, -0.25) is 9.59 Å². The Bertz CT molecular complexity index is 743. The molecule has 0 saturated heterocycles. The number of aryl methyl sites for hydroxylation is 3. The first kappa shape index (κ1) is 21.0. The molecule has 0 atom stereocenters. The molecule has 0 heterocycles. The number of hydrogen-bond donors (Lipinski definition) is 1. The highest BCUT2D eigenvalue weighted by Gasteiger charge is 2.05. The Hall–Kier alpha value is -2.27. The van der Waals surface area contributed by atoms with Gasteiger partial charge in [0.05, 0.1) is 12.3 Å². The predicted molar refractivity (Wildman–Crippen MR) is 111 cm³/mol. The lowest BCUT2D eigenvalue weighted by Crippen LogP contribution is -2.28. The van der Waals surface area contributed by atoms with Crippen LogP contribution in [0.5, 0.6) is 0 Å². The minimum atomic E-state index is -0.249. The summed E-state index contributed by atoms with van der Waals surface area (Å²) in [5.74, 6) is 0.823. The predicted octanol–water partition coefficient (Wildman–Crippen LogP) is 3.83. The van der Waals surface area contributed by atoms with Crippen molar-refractivity contribution in [2.45, 2.75) is 32.4 Å². The van der Waals surface area contributed by atoms with Crippen molar-refractivity contribution in [3.8, 4) is 0 Å². The molecule has 2 rings (SSSR count). The highest BCUT2D eigenvalue weighted by atomic mass is 32.2. The number of carbonyl (C=O) groups is 2. The maximum absolute atomic E-state index is 11.8. The Morgan fingerprint density at radius 1 is 1.00 bits per heavy atom. The molecule has 27 heavy (non-hydrogen) atoms. The average molecular weight is 386 g/mol. The van der Waals surface area contributed by atoms with Crippen molar-refractivity contribution in [1.82, 2.24) is 5.32 Å². The minimum Gasteiger partial charge on any atom is -0.463 e. The molecule has 0 fully saturated rings. The van der Waals surface area contributed by atoms with Crippen molar-refractivity contribution in [2.75, 3.05) is 18.9 Å². The van der Waals surface area contributed by atoms with Crippen LogP contribution in [0.1, 0.15) is 28.7 Å². The Labute approximate surface area is 165 Å². The van der Waals surface area contributed by atoms with Crippen LogP contribution in [0, 0.1) is 13.8 Å². The molecule has 1 amide bonds. The van der Waals surface area contributed by atoms with Crippen LogP contribution in [0.15, 0.2) is 48.5 Å². The van der Waals surface area contributed by atoms with Crippen LogP contribution in [-0.2, 0) is 26.5 Å². The molecule has 0 aromatic heterocycles. The highest BCUT2D eigenvalue weighted by Crippen LogP contribution is 2.13. The maximum Gasteiger partial charge on any atom is 0.315 e. The molecular formula is C22H27NO3S. The Morgan fingerprint density at radius 2 is 1.78 bits per heavy atom. The molecule has 0 aliphatic rings. The van der Waals surface area contributed by atoms with Crippen LogP contribution in [0.3, 0.4) is 0 Å². The second kappa shape index (κ2) is 11.4. The van der Waals surface area contributed by atoms with Crippen molar-refractivity contribution in [3.63, 3.8) is 0 Å². The van der Waals surface area contributed by atoms with Gasteiger partial charge in [0.2, 0.25) is 5.91 Å². The molecule has 5 heteroatoms. The summed E-state index contributed by atoms with van der Waals surface area (Å²) in [4.78, 5) is 23.6. The third kappa shape index (κ3) is 8.78. The maximum atomic E-state index is 11.8. The normalized spacial score (nSPS) is 10.4. The zero-order valence-electron chi connectivity index (χ0n) is 16.0. The van der Waals surface area contributed by atoms with Gasteiger partial charge in [0.15, 0.2) is 0 Å². The van der Waals surface area contributed by atoms with Gasteiger partial charge in [0.1, 0.15) is 6.61 Å². The molecule has 0 unspecified atom stereocenters. The summed E-state index contributed by atoms with van der Waals surface area (Å²) in [5, 5.41) is 2.78. The summed E-state index contributed by atoms with van der Waals surface area (Å²) in [5.41, 5.74) is 4.78. The zero-order chi connectivity index (χ0) is 19.5. The van der Waals surface area contributed by atoms with E-state index in [0.717, 1.165) is 11.3 Å². The van der Waals surface area contributed by atoms with Crippen LogP contribution in [0.2, 0.25) is 0 Å². The number of esters is 1. The third-order valence-corrected chi connectivity index (χ3v) is 5.00. The van der Waals surface area contributed by atoms with Gasteiger partial charge in [-0.15, -0.1) is 11.8 Å². The summed E-state index contributed by atoms with van der Waals surface area (Å²) in [6, 6.07) is 16.4. The van der Waals surface area contributed by atoms with Crippen LogP contribution >= 0.6 is 11.8 Å². The molecular weight excluding hydrogens is 358 g/mol. The number of benzene rings is 2. The van der Waals surface area contributed by atoms with E-state index in [1.165, 1.54) is 28.5 Å². The van der Waals surface area contributed by atoms with E-state index in [4.69, 9.17) is 4.74 Å². The van der Waals surface area contributed by atoms with Gasteiger partial charge in [-0.25, -0.2) is 0 Å². The van der Waals surface area contributed by atoms with E-state index in [1.807, 2.05) is 37.3 Å². The minimum absolute atomic E-state index is 0.0274. The lowest BCUT2D eigenvalue weighted by molar-refractivity contribution is -0.140. The van der Waals surface area contributed by atoms with Crippen molar-refractivity contribution in [1.29, 1.82) is 0 Å². The Kier molecular flexibility index (Phi) is 8.92. The van der Waals surface area contributed by atoms with Crippen molar-refractivity contribution >= 4 is 23.6 Å². The average Bonchev–Trinajstić information content (AvgIpc) is 2.65. The summed E-state index contributed by atoms with van der Waals surface area (Å²) >= 11 is 1.53. The highest BCUT2D eigenvalue weighted by molar-refractivity contribution is 7.99. The van der Waals surface area contributed by atoms with Crippen molar-refractivity contribution in [3.05, 3.63) is 70.8 Å². The van der Waals surface area contributed by atoms with Gasteiger partial charge >= 0.3 is 5.97 Å². The quantitative estimate of drug-likeness (QED) is 0.499. The molecule has 2 aromatic rings. The number of nitrogens with one attached hydrogen (secondary N) is 1. The summed E-state index contributed by atoms with van der Waals surface area (Å²) in [7, 11) is 0. The molecule has 0 radical (unpaired) electrons. The molecule has 2 aromatic carbocycles. The van der Waals surface area contributed by atoms with E-state index in [-0.39, 0.29) is 18.5 Å². The molecule has 4 nitrogen and oxygen atoms in total. The first-order valence-electron chi connectivity index (χ1n) is 9.14. The number of carbonyl (C=O) groups excluding carboxylic acids is 2. The summed E-state index contributed by atoms with van der Waals surface area (Å²) in [6.45, 7) is 4.65. The summed E-state index contributed by atoms with van der Waals surface area (Å²) in [6.07, 6.45) is 1.14. The number of hydrogen-bond acceptors (Lipinski definition) is 4. The SMILES string of the molecule is Cc1ccc(CCC(=O)NCCOC(=O)CSCc2cccc(C)c2)cc1. The second-order valence-corrected chi connectivity index (χ2v) is 7.52. The van der Waals surface area contributed by atoms with Crippen molar-refractivity contribution in [2.24, 2.45) is 0 Å². The fourth-order valence-corrected chi connectivity index (χ4v) is 3.32. The van der Waals surface area contributed by atoms with Gasteiger partial charge in [0.25, 0.3) is 0 Å². The van der Waals surface area contributed by atoms with E-state index in [1.54, 1.807) is 0 Å². The fraction of sp³-hybridized carbons (Fsp3) is 0.364. The third-order valence-electron chi connectivity index (χ3n) is 4.02. The largest absolute Gasteiger partial charge is 0.463 e. The molecule has 0 saturated carbocycles. The van der Waals surface area contributed by atoms with E-state index in [0.29, 0.717) is 25.1 Å². The first-order chi connectivity index (χ1) is 13.0. The number of rotatable bonds is 10. The fourth-order valence-electron chi connectivity index (χ4n) is 2.55. The van der Waals surface area contributed by atoms with Crippen LogP contribution in [-0.4, -0.2) is 30.8 Å². The molecule has 1 N–H and O–H groups in total. The lowest BCUT2D eigenvalue weighted by atomic mass is 10.1. The molecule has 0 aliphatic heterocycles. The van der Waals surface area contributed by atoms with Gasteiger partial charge in [-0.2, -0.15) is 0 Å². The van der Waals surface area contributed by atoms with E-state index >= 15 is 0 Å². The second-order valence-electron chi connectivity index (χ2n) is 6.54. The first-order valence-corrected chi connectivity index (χ1v) is 10.3. The van der Waals surface area contributed by atoms with E-state index in [9.17, 15) is 9.59 Å². The van der Waals surface area contributed by atoms with Gasteiger partial charge < -0.3 is 10.1 Å². The molecule has 144 valence electrons. The van der Waals surface area contributed by atoms with Gasteiger partial charge in [0, 0.05) is 12.2 Å². The van der Waals surface area contributed by atoms with Crippen LogP contribution < -0.4 is 5.32 Å². The molecule has 0 bridgehead atoms. The van der Waals surface area contributed by atoms with Crippen LogP contribution in [0.4, 0.5) is 0 Å². The van der Waals surface area contributed by atoms with E-state index in [2.05, 4.69) is 30.4 Å². The topological polar surface area (TPSA) is 55.4 Å². The molecule has 0 spiro atoms.